The number of imidazole rings is 1. The molecule has 4 rings (SSSR count). The molecule has 0 aliphatic heterocycles. The molecule has 0 fully saturated rings. The first-order valence-corrected chi connectivity index (χ1v) is 11.1. The van der Waals surface area contributed by atoms with Crippen molar-refractivity contribution in [3.05, 3.63) is 64.5 Å². The van der Waals surface area contributed by atoms with Gasteiger partial charge in [-0.3, -0.25) is 10.1 Å². The first-order chi connectivity index (χ1) is 17.2. The summed E-state index contributed by atoms with van der Waals surface area (Å²) in [7, 11) is 7.15. The van der Waals surface area contributed by atoms with Gasteiger partial charge in [-0.25, -0.2) is 19.3 Å². The number of fused-ring (bicyclic) bond motifs is 1. The molecule has 0 bridgehead atoms. The number of nitrogens with zero attached hydrogens (tertiary/aromatic N) is 7. The summed E-state index contributed by atoms with van der Waals surface area (Å²) in [6.45, 7) is 3.10. The summed E-state index contributed by atoms with van der Waals surface area (Å²) in [5.74, 6) is 0.0961. The fourth-order valence-corrected chi connectivity index (χ4v) is 3.77. The van der Waals surface area contributed by atoms with Gasteiger partial charge in [0.1, 0.15) is 11.4 Å². The van der Waals surface area contributed by atoms with Crippen molar-refractivity contribution in [1.82, 2.24) is 24.3 Å². The first kappa shape index (κ1) is 24.8. The van der Waals surface area contributed by atoms with Gasteiger partial charge in [0.15, 0.2) is 11.5 Å². The zero-order valence-corrected chi connectivity index (χ0v) is 20.7. The zero-order chi connectivity index (χ0) is 26.0. The molecular formula is C24H27FN8O3. The van der Waals surface area contributed by atoms with Gasteiger partial charge in [-0.15, -0.1) is 0 Å². The van der Waals surface area contributed by atoms with E-state index >= 15 is 0 Å². The molecular weight excluding hydrogens is 467 g/mol. The van der Waals surface area contributed by atoms with E-state index in [1.807, 2.05) is 23.9 Å². The van der Waals surface area contributed by atoms with Crippen LogP contribution in [-0.4, -0.2) is 70.5 Å². The third kappa shape index (κ3) is 5.18. The van der Waals surface area contributed by atoms with Gasteiger partial charge in [0.05, 0.1) is 29.1 Å². The quantitative estimate of drug-likeness (QED) is 0.273. The number of aryl methyl sites for hydroxylation is 1. The van der Waals surface area contributed by atoms with Gasteiger partial charge in [0, 0.05) is 56.4 Å². The van der Waals surface area contributed by atoms with E-state index in [2.05, 4.69) is 20.3 Å². The number of methoxy groups -OCH3 is 1. The summed E-state index contributed by atoms with van der Waals surface area (Å²) in [5.41, 5.74) is 2.60. The maximum Gasteiger partial charge on any atom is 0.294 e. The normalized spacial score (nSPS) is 11.2. The molecule has 0 radical (unpaired) electrons. The lowest BCUT2D eigenvalue weighted by atomic mass is 10.2. The van der Waals surface area contributed by atoms with Crippen LogP contribution in [0.1, 0.15) is 5.69 Å². The molecule has 0 saturated carbocycles. The number of rotatable bonds is 9. The van der Waals surface area contributed by atoms with E-state index in [0.29, 0.717) is 40.6 Å². The second-order valence-electron chi connectivity index (χ2n) is 8.60. The highest BCUT2D eigenvalue weighted by Crippen LogP contribution is 2.39. The van der Waals surface area contributed by atoms with Gasteiger partial charge in [0.2, 0.25) is 5.95 Å². The number of aromatic nitrogens is 4. The average molecular weight is 495 g/mol. The molecule has 36 heavy (non-hydrogen) atoms. The number of hydrogen-bond donors (Lipinski definition) is 1. The zero-order valence-electron chi connectivity index (χ0n) is 20.7. The van der Waals surface area contributed by atoms with Crippen molar-refractivity contribution < 1.29 is 14.1 Å². The lowest BCUT2D eigenvalue weighted by molar-refractivity contribution is -0.384. The largest absolute Gasteiger partial charge is 0.494 e. The van der Waals surface area contributed by atoms with Crippen molar-refractivity contribution in [2.45, 2.75) is 6.92 Å². The maximum absolute atomic E-state index is 14.6. The molecule has 11 nitrogen and oxygen atoms in total. The maximum atomic E-state index is 14.6. The third-order valence-electron chi connectivity index (χ3n) is 5.61. The van der Waals surface area contributed by atoms with Crippen molar-refractivity contribution in [3.8, 4) is 17.0 Å². The fourth-order valence-electron chi connectivity index (χ4n) is 3.77. The predicted molar refractivity (Wildman–Crippen MR) is 136 cm³/mol. The van der Waals surface area contributed by atoms with Crippen molar-refractivity contribution in [2.24, 2.45) is 0 Å². The molecule has 3 aromatic heterocycles. The smallest absolute Gasteiger partial charge is 0.294 e. The molecule has 0 atom stereocenters. The summed E-state index contributed by atoms with van der Waals surface area (Å²) >= 11 is 0. The SMILES string of the molecule is COc1cc(N(C)CCN(C)C)c([N+](=O)[O-])cc1Nc1nccc(-c2cc(F)c3nc(C)cn3c2)n1. The highest BCUT2D eigenvalue weighted by atomic mass is 19.1. The monoisotopic (exact) mass is 494 g/mol. The lowest BCUT2D eigenvalue weighted by Gasteiger charge is -2.22. The molecule has 0 aliphatic carbocycles. The van der Waals surface area contributed by atoms with E-state index in [4.69, 9.17) is 4.74 Å². The van der Waals surface area contributed by atoms with Gasteiger partial charge in [-0.2, -0.15) is 0 Å². The molecule has 3 heterocycles. The van der Waals surface area contributed by atoms with E-state index in [0.717, 1.165) is 6.54 Å². The number of nitrogens with one attached hydrogen (secondary N) is 1. The van der Waals surface area contributed by atoms with E-state index < -0.39 is 10.7 Å². The molecule has 0 saturated heterocycles. The first-order valence-electron chi connectivity index (χ1n) is 11.1. The number of halogens is 1. The Kier molecular flexibility index (Phi) is 6.97. The molecule has 1 N–H and O–H groups in total. The number of anilines is 3. The van der Waals surface area contributed by atoms with Crippen LogP contribution < -0.4 is 15.0 Å². The second-order valence-corrected chi connectivity index (χ2v) is 8.60. The number of nitro groups is 1. The van der Waals surface area contributed by atoms with Crippen molar-refractivity contribution in [1.29, 1.82) is 0 Å². The van der Waals surface area contributed by atoms with Crippen molar-refractivity contribution in [3.63, 3.8) is 0 Å². The number of ether oxygens (including phenoxy) is 1. The van der Waals surface area contributed by atoms with Gasteiger partial charge in [-0.05, 0) is 33.2 Å². The molecule has 0 aliphatic rings. The standard InChI is InChI=1S/C24H27FN8O3/c1-15-13-32-14-16(10-17(25)23(32)27-15)18-6-7-26-24(28-18)29-19-11-21(33(34)35)20(12-22(19)36-5)31(4)9-8-30(2)3/h6-7,10-14H,8-9H2,1-5H3,(H,26,28,29). The molecule has 0 spiro atoms. The molecule has 12 heteroatoms. The molecule has 4 aromatic rings. The van der Waals surface area contributed by atoms with Crippen LogP contribution in [0.3, 0.4) is 0 Å². The summed E-state index contributed by atoms with van der Waals surface area (Å²) in [4.78, 5) is 28.1. The minimum absolute atomic E-state index is 0.0845. The van der Waals surface area contributed by atoms with Crippen LogP contribution in [0, 0.1) is 22.9 Å². The van der Waals surface area contributed by atoms with E-state index in [1.54, 1.807) is 42.9 Å². The average Bonchev–Trinajstić information content (AvgIpc) is 3.23. The van der Waals surface area contributed by atoms with Crippen LogP contribution in [0.2, 0.25) is 0 Å². The number of hydrogen-bond acceptors (Lipinski definition) is 9. The van der Waals surface area contributed by atoms with E-state index in [9.17, 15) is 14.5 Å². The number of benzene rings is 1. The van der Waals surface area contributed by atoms with E-state index in [-0.39, 0.29) is 17.3 Å². The Balaban J connectivity index is 1.68. The molecule has 0 unspecified atom stereocenters. The van der Waals surface area contributed by atoms with Crippen LogP contribution >= 0.6 is 0 Å². The number of nitro benzene ring substituents is 1. The molecule has 1 aromatic carbocycles. The number of likely N-dealkylation sites (N-methyl/N-ethyl adjacent to an activating group) is 2. The van der Waals surface area contributed by atoms with Crippen molar-refractivity contribution in [2.75, 3.05) is 51.6 Å². The summed E-state index contributed by atoms with van der Waals surface area (Å²) in [6, 6.07) is 6.02. The van der Waals surface area contributed by atoms with Gasteiger partial charge < -0.3 is 24.3 Å². The Hall–Kier alpha value is -4.32. The Morgan fingerprint density at radius 3 is 2.64 bits per heavy atom. The Labute approximate surface area is 207 Å². The summed E-state index contributed by atoms with van der Waals surface area (Å²) in [6.07, 6.45) is 4.98. The topological polar surface area (TPSA) is 114 Å². The predicted octanol–water partition coefficient (Wildman–Crippen LogP) is 3.90. The van der Waals surface area contributed by atoms with E-state index in [1.165, 1.54) is 25.4 Å². The second kappa shape index (κ2) is 10.1. The lowest BCUT2D eigenvalue weighted by Crippen LogP contribution is -2.28. The molecule has 188 valence electrons. The van der Waals surface area contributed by atoms with Crippen LogP contribution in [0.15, 0.2) is 42.9 Å². The summed E-state index contributed by atoms with van der Waals surface area (Å²) < 4.78 is 21.7. The van der Waals surface area contributed by atoms with Crippen LogP contribution in [0.5, 0.6) is 5.75 Å². The Morgan fingerprint density at radius 2 is 1.94 bits per heavy atom. The summed E-state index contributed by atoms with van der Waals surface area (Å²) in [5, 5.41) is 14.9. The highest BCUT2D eigenvalue weighted by Gasteiger charge is 2.22. The van der Waals surface area contributed by atoms with Gasteiger partial charge in [0.25, 0.3) is 5.69 Å². The van der Waals surface area contributed by atoms with Crippen LogP contribution in [-0.2, 0) is 0 Å². The Morgan fingerprint density at radius 1 is 1.17 bits per heavy atom. The fraction of sp³-hybridized carbons (Fsp3) is 0.292. The van der Waals surface area contributed by atoms with Crippen LogP contribution in [0.25, 0.3) is 16.9 Å². The van der Waals surface area contributed by atoms with Gasteiger partial charge in [-0.1, -0.05) is 0 Å². The van der Waals surface area contributed by atoms with Crippen LogP contribution in [0.4, 0.5) is 27.4 Å². The molecule has 0 amide bonds. The minimum Gasteiger partial charge on any atom is -0.494 e. The third-order valence-corrected chi connectivity index (χ3v) is 5.61. The highest BCUT2D eigenvalue weighted by molar-refractivity contribution is 5.77. The van der Waals surface area contributed by atoms with Crippen molar-refractivity contribution >= 4 is 28.7 Å². The Bertz CT molecular complexity index is 1420. The minimum atomic E-state index is -0.472. The number of pyridine rings is 1. The van der Waals surface area contributed by atoms with Gasteiger partial charge >= 0.3 is 0 Å².